The quantitative estimate of drug-likeness (QED) is 0.589. The number of thiophene rings is 1. The minimum atomic E-state index is -3.87. The Hall–Kier alpha value is -2.95. The summed E-state index contributed by atoms with van der Waals surface area (Å²) in [6, 6.07) is 14.7. The molecule has 3 aromatic rings. The predicted octanol–water partition coefficient (Wildman–Crippen LogP) is 3.66. The molecule has 0 spiro atoms. The van der Waals surface area contributed by atoms with Crippen molar-refractivity contribution in [1.29, 1.82) is 0 Å². The maximum atomic E-state index is 14.1. The van der Waals surface area contributed by atoms with Gasteiger partial charge in [-0.2, -0.15) is 4.31 Å². The Morgan fingerprint density at radius 1 is 1.03 bits per heavy atom. The van der Waals surface area contributed by atoms with Crippen molar-refractivity contribution in [3.05, 3.63) is 70.7 Å². The highest BCUT2D eigenvalue weighted by Crippen LogP contribution is 2.28. The van der Waals surface area contributed by atoms with Gasteiger partial charge in [-0.05, 0) is 47.8 Å². The van der Waals surface area contributed by atoms with E-state index in [0.29, 0.717) is 30.2 Å². The van der Waals surface area contributed by atoms with Crippen molar-refractivity contribution in [2.24, 2.45) is 0 Å². The normalized spacial score (nSPS) is 14.9. The SMILES string of the molecule is COc1ccc(NC(=O)c2sccc2S(=O)(=O)N2CCN(c3ccccc3F)CC2)cc1. The molecule has 168 valence electrons. The summed E-state index contributed by atoms with van der Waals surface area (Å²) in [4.78, 5) is 14.7. The minimum absolute atomic E-state index is 0.0205. The number of hydrogen-bond donors (Lipinski definition) is 1. The number of nitrogens with one attached hydrogen (secondary N) is 1. The van der Waals surface area contributed by atoms with Crippen LogP contribution in [0.25, 0.3) is 0 Å². The lowest BCUT2D eigenvalue weighted by Gasteiger charge is -2.35. The molecule has 0 atom stereocenters. The third-order valence-electron chi connectivity index (χ3n) is 5.23. The molecule has 0 saturated carbocycles. The number of anilines is 2. The monoisotopic (exact) mass is 475 g/mol. The van der Waals surface area contributed by atoms with Gasteiger partial charge in [0.05, 0.1) is 12.8 Å². The molecule has 2 aromatic carbocycles. The molecule has 32 heavy (non-hydrogen) atoms. The van der Waals surface area contributed by atoms with Gasteiger partial charge in [0.1, 0.15) is 21.3 Å². The summed E-state index contributed by atoms with van der Waals surface area (Å²) in [5.74, 6) is -0.176. The van der Waals surface area contributed by atoms with Crippen LogP contribution in [0.5, 0.6) is 5.75 Å². The van der Waals surface area contributed by atoms with E-state index in [9.17, 15) is 17.6 Å². The summed E-state index contributed by atoms with van der Waals surface area (Å²) in [6.45, 7) is 1.12. The predicted molar refractivity (Wildman–Crippen MR) is 123 cm³/mol. The molecule has 2 heterocycles. The van der Waals surface area contributed by atoms with E-state index >= 15 is 0 Å². The average molecular weight is 476 g/mol. The minimum Gasteiger partial charge on any atom is -0.497 e. The zero-order chi connectivity index (χ0) is 22.7. The summed E-state index contributed by atoms with van der Waals surface area (Å²) >= 11 is 1.07. The molecule has 4 rings (SSSR count). The van der Waals surface area contributed by atoms with Crippen LogP contribution in [0.1, 0.15) is 9.67 Å². The highest BCUT2D eigenvalue weighted by molar-refractivity contribution is 7.89. The second-order valence-electron chi connectivity index (χ2n) is 7.14. The molecule has 0 unspecified atom stereocenters. The molecule has 1 aromatic heterocycles. The smallest absolute Gasteiger partial charge is 0.267 e. The number of amides is 1. The molecule has 1 aliphatic heterocycles. The van der Waals surface area contributed by atoms with Crippen molar-refractivity contribution in [3.63, 3.8) is 0 Å². The van der Waals surface area contributed by atoms with Gasteiger partial charge in [0, 0.05) is 31.9 Å². The number of nitrogens with zero attached hydrogens (tertiary/aromatic N) is 2. The van der Waals surface area contributed by atoms with Gasteiger partial charge < -0.3 is 15.0 Å². The highest BCUT2D eigenvalue weighted by atomic mass is 32.2. The van der Waals surface area contributed by atoms with Crippen molar-refractivity contribution in [1.82, 2.24) is 4.31 Å². The fourth-order valence-corrected chi connectivity index (χ4v) is 6.26. The number of halogens is 1. The number of para-hydroxylation sites is 1. The number of carbonyl (C=O) groups excluding carboxylic acids is 1. The van der Waals surface area contributed by atoms with Crippen LogP contribution in [-0.2, 0) is 10.0 Å². The van der Waals surface area contributed by atoms with Crippen molar-refractivity contribution in [2.75, 3.05) is 43.5 Å². The second-order valence-corrected chi connectivity index (χ2v) is 9.96. The van der Waals surface area contributed by atoms with Crippen LogP contribution in [0.15, 0.2) is 64.9 Å². The van der Waals surface area contributed by atoms with Gasteiger partial charge in [-0.15, -0.1) is 11.3 Å². The number of benzene rings is 2. The van der Waals surface area contributed by atoms with E-state index in [-0.39, 0.29) is 28.7 Å². The van der Waals surface area contributed by atoms with Crippen LogP contribution in [0.3, 0.4) is 0 Å². The van der Waals surface area contributed by atoms with Gasteiger partial charge in [-0.25, -0.2) is 12.8 Å². The zero-order valence-corrected chi connectivity index (χ0v) is 19.0. The number of ether oxygens (including phenoxy) is 1. The van der Waals surface area contributed by atoms with Gasteiger partial charge in [-0.3, -0.25) is 4.79 Å². The van der Waals surface area contributed by atoms with E-state index in [4.69, 9.17) is 4.74 Å². The Balaban J connectivity index is 1.47. The maximum absolute atomic E-state index is 14.1. The van der Waals surface area contributed by atoms with Gasteiger partial charge >= 0.3 is 0 Å². The Morgan fingerprint density at radius 3 is 2.38 bits per heavy atom. The van der Waals surface area contributed by atoms with Crippen LogP contribution in [-0.4, -0.2) is 51.9 Å². The number of hydrogen-bond acceptors (Lipinski definition) is 6. The first-order chi connectivity index (χ1) is 15.4. The third-order valence-corrected chi connectivity index (χ3v) is 8.22. The Kier molecular flexibility index (Phi) is 6.45. The van der Waals surface area contributed by atoms with Crippen molar-refractivity contribution in [2.45, 2.75) is 4.90 Å². The van der Waals surface area contributed by atoms with Crippen LogP contribution in [0.4, 0.5) is 15.8 Å². The van der Waals surface area contributed by atoms with Gasteiger partial charge in [-0.1, -0.05) is 12.1 Å². The highest BCUT2D eigenvalue weighted by Gasteiger charge is 2.33. The summed E-state index contributed by atoms with van der Waals surface area (Å²) < 4.78 is 47.0. The van der Waals surface area contributed by atoms with E-state index < -0.39 is 15.9 Å². The first kappa shape index (κ1) is 22.3. The summed E-state index contributed by atoms with van der Waals surface area (Å²) in [7, 11) is -2.32. The topological polar surface area (TPSA) is 78.9 Å². The summed E-state index contributed by atoms with van der Waals surface area (Å²) in [5, 5.41) is 4.32. The van der Waals surface area contributed by atoms with E-state index in [2.05, 4.69) is 5.32 Å². The van der Waals surface area contributed by atoms with E-state index in [1.807, 2.05) is 4.90 Å². The number of rotatable bonds is 6. The average Bonchev–Trinajstić information content (AvgIpc) is 3.31. The largest absolute Gasteiger partial charge is 0.497 e. The van der Waals surface area contributed by atoms with E-state index in [1.165, 1.54) is 16.4 Å². The maximum Gasteiger partial charge on any atom is 0.267 e. The Labute approximate surface area is 190 Å². The lowest BCUT2D eigenvalue weighted by molar-refractivity contribution is 0.102. The fourth-order valence-electron chi connectivity index (χ4n) is 3.55. The fraction of sp³-hybridized carbons (Fsp3) is 0.227. The molecule has 1 saturated heterocycles. The first-order valence-corrected chi connectivity index (χ1v) is 12.2. The van der Waals surface area contributed by atoms with Crippen molar-refractivity contribution < 1.29 is 22.3 Å². The van der Waals surface area contributed by atoms with Crippen LogP contribution < -0.4 is 15.0 Å². The number of carbonyl (C=O) groups is 1. The van der Waals surface area contributed by atoms with Gasteiger partial charge in [0.2, 0.25) is 10.0 Å². The number of piperazine rings is 1. The molecule has 1 amide bonds. The van der Waals surface area contributed by atoms with Crippen molar-refractivity contribution in [3.8, 4) is 5.75 Å². The summed E-state index contributed by atoms with van der Waals surface area (Å²) in [6.07, 6.45) is 0. The lowest BCUT2D eigenvalue weighted by atomic mass is 10.2. The molecule has 10 heteroatoms. The number of methoxy groups -OCH3 is 1. The molecule has 7 nitrogen and oxygen atoms in total. The molecule has 0 bridgehead atoms. The molecule has 1 N–H and O–H groups in total. The molecular weight excluding hydrogens is 453 g/mol. The van der Waals surface area contributed by atoms with Crippen LogP contribution >= 0.6 is 11.3 Å². The number of sulfonamides is 1. The van der Waals surface area contributed by atoms with E-state index in [0.717, 1.165) is 11.3 Å². The van der Waals surface area contributed by atoms with Crippen LogP contribution in [0, 0.1) is 5.82 Å². The second kappa shape index (κ2) is 9.27. The van der Waals surface area contributed by atoms with E-state index in [1.54, 1.807) is 55.0 Å². The molecular formula is C22H22FN3O4S2. The molecule has 0 radical (unpaired) electrons. The lowest BCUT2D eigenvalue weighted by Crippen LogP contribution is -2.49. The van der Waals surface area contributed by atoms with Crippen molar-refractivity contribution >= 4 is 38.6 Å². The van der Waals surface area contributed by atoms with Crippen LogP contribution in [0.2, 0.25) is 0 Å². The van der Waals surface area contributed by atoms with Gasteiger partial charge in [0.15, 0.2) is 0 Å². The summed E-state index contributed by atoms with van der Waals surface area (Å²) in [5.41, 5.74) is 0.991. The zero-order valence-electron chi connectivity index (χ0n) is 17.3. The third kappa shape index (κ3) is 4.47. The Bertz CT molecular complexity index is 1200. The molecule has 1 aliphatic rings. The van der Waals surface area contributed by atoms with Gasteiger partial charge in [0.25, 0.3) is 5.91 Å². The first-order valence-electron chi connectivity index (χ1n) is 9.92. The standard InChI is InChI=1S/C22H22FN3O4S2/c1-30-17-8-6-16(7-9-17)24-22(27)21-20(10-15-31-21)32(28,29)26-13-11-25(12-14-26)19-5-3-2-4-18(19)23/h2-10,15H,11-14H2,1H3,(H,24,27). The molecule has 0 aliphatic carbocycles. The molecule has 1 fully saturated rings. The Morgan fingerprint density at radius 2 is 1.72 bits per heavy atom.